The van der Waals surface area contributed by atoms with Gasteiger partial charge in [-0.1, -0.05) is 41.0 Å². The van der Waals surface area contributed by atoms with Crippen molar-refractivity contribution in [2.24, 2.45) is 0 Å². The van der Waals surface area contributed by atoms with Gasteiger partial charge in [0.15, 0.2) is 23.0 Å². The highest BCUT2D eigenvalue weighted by Gasteiger charge is 2.43. The Bertz CT molecular complexity index is 2070. The second kappa shape index (κ2) is 16.3. The standard InChI is InChI=1S/C34H37ClF3NO10S2/c1-20(2)13-15-39(33(40)34(36,37)38)26-11-9-22(17-25(26)35)24-19-29(45-5)30(32(31(24)46-6)49-51(8,43)44)23-10-12-27(47-16-14-21(3)4)28(18-23)48-50(7,41)42/h9-14,17-19H,15-16H2,1-8H3. The van der Waals surface area contributed by atoms with Crippen molar-refractivity contribution < 1.29 is 57.4 Å². The van der Waals surface area contributed by atoms with Gasteiger partial charge in [-0.3, -0.25) is 9.69 Å². The summed E-state index contributed by atoms with van der Waals surface area (Å²) in [6, 6.07) is 9.47. The molecule has 3 rings (SSSR count). The van der Waals surface area contributed by atoms with Crippen LogP contribution in [0.25, 0.3) is 22.3 Å². The summed E-state index contributed by atoms with van der Waals surface area (Å²) in [7, 11) is -5.83. The molecule has 0 aliphatic heterocycles. The molecule has 3 aromatic carbocycles. The van der Waals surface area contributed by atoms with Gasteiger partial charge >= 0.3 is 32.3 Å². The zero-order valence-electron chi connectivity index (χ0n) is 29.0. The van der Waals surface area contributed by atoms with Crippen LogP contribution in [0.5, 0.6) is 28.7 Å². The molecule has 0 spiro atoms. The quantitative estimate of drug-likeness (QED) is 0.119. The first-order valence-corrected chi connectivity index (χ1v) is 18.9. The van der Waals surface area contributed by atoms with Crippen molar-refractivity contribution in [1.82, 2.24) is 0 Å². The third kappa shape index (κ3) is 11.0. The second-order valence-electron chi connectivity index (χ2n) is 11.6. The molecule has 0 aliphatic carbocycles. The number of rotatable bonds is 14. The van der Waals surface area contributed by atoms with E-state index in [1.807, 2.05) is 13.8 Å². The van der Waals surface area contributed by atoms with Crippen molar-refractivity contribution in [2.75, 3.05) is 44.8 Å². The smallest absolute Gasteiger partial charge is 0.471 e. The van der Waals surface area contributed by atoms with Crippen molar-refractivity contribution in [2.45, 2.75) is 33.9 Å². The number of methoxy groups -OCH3 is 2. The predicted molar refractivity (Wildman–Crippen MR) is 189 cm³/mol. The van der Waals surface area contributed by atoms with Crippen LogP contribution in [0, 0.1) is 0 Å². The van der Waals surface area contributed by atoms with Crippen molar-refractivity contribution in [3.05, 3.63) is 70.8 Å². The van der Waals surface area contributed by atoms with Crippen LogP contribution in [-0.2, 0) is 25.0 Å². The number of alkyl halides is 3. The van der Waals surface area contributed by atoms with E-state index in [1.54, 1.807) is 19.9 Å². The lowest BCUT2D eigenvalue weighted by molar-refractivity contribution is -0.170. The fourth-order valence-corrected chi connectivity index (χ4v) is 5.82. The minimum Gasteiger partial charge on any atom is -0.496 e. The van der Waals surface area contributed by atoms with Gasteiger partial charge in [0.05, 0.1) is 43.0 Å². The van der Waals surface area contributed by atoms with Gasteiger partial charge in [0.25, 0.3) is 0 Å². The molecule has 0 fully saturated rings. The van der Waals surface area contributed by atoms with Gasteiger partial charge in [0, 0.05) is 12.1 Å². The Balaban J connectivity index is 2.34. The number of hydrogen-bond acceptors (Lipinski definition) is 10. The van der Waals surface area contributed by atoms with Crippen LogP contribution in [0.15, 0.2) is 65.8 Å². The van der Waals surface area contributed by atoms with E-state index >= 15 is 0 Å². The molecule has 51 heavy (non-hydrogen) atoms. The van der Waals surface area contributed by atoms with Crippen molar-refractivity contribution >= 4 is 43.4 Å². The average Bonchev–Trinajstić information content (AvgIpc) is 2.99. The molecule has 0 radical (unpaired) electrons. The summed E-state index contributed by atoms with van der Waals surface area (Å²) in [5, 5.41) is -0.241. The van der Waals surface area contributed by atoms with Crippen LogP contribution >= 0.6 is 11.6 Å². The van der Waals surface area contributed by atoms with Crippen molar-refractivity contribution in [1.29, 1.82) is 0 Å². The summed E-state index contributed by atoms with van der Waals surface area (Å²) < 4.78 is 118. The van der Waals surface area contributed by atoms with E-state index in [2.05, 4.69) is 0 Å². The lowest BCUT2D eigenvalue weighted by atomic mass is 9.96. The maximum Gasteiger partial charge on any atom is 0.471 e. The number of carbonyl (C=O) groups is 1. The van der Waals surface area contributed by atoms with E-state index in [4.69, 9.17) is 34.2 Å². The van der Waals surface area contributed by atoms with Crippen LogP contribution in [0.3, 0.4) is 0 Å². The Hall–Kier alpha value is -4.41. The summed E-state index contributed by atoms with van der Waals surface area (Å²) in [4.78, 5) is 12.9. The fourth-order valence-electron chi connectivity index (χ4n) is 4.62. The van der Waals surface area contributed by atoms with E-state index in [0.717, 1.165) is 18.1 Å². The van der Waals surface area contributed by atoms with Crippen molar-refractivity contribution in [3.63, 3.8) is 0 Å². The molecule has 0 aliphatic rings. The van der Waals surface area contributed by atoms with Crippen LogP contribution in [0.1, 0.15) is 27.7 Å². The first kappa shape index (κ1) is 41.0. The topological polar surface area (TPSA) is 135 Å². The summed E-state index contributed by atoms with van der Waals surface area (Å²) in [6.07, 6.45) is -0.367. The van der Waals surface area contributed by atoms with Crippen LogP contribution in [0.4, 0.5) is 18.9 Å². The molecule has 0 N–H and O–H groups in total. The molecule has 3 aromatic rings. The highest BCUT2D eigenvalue weighted by atomic mass is 35.5. The second-order valence-corrected chi connectivity index (χ2v) is 15.1. The minimum absolute atomic E-state index is 0.00381. The Labute approximate surface area is 300 Å². The lowest BCUT2D eigenvalue weighted by Gasteiger charge is -2.25. The lowest BCUT2D eigenvalue weighted by Crippen LogP contribution is -2.41. The predicted octanol–water partition coefficient (Wildman–Crippen LogP) is 7.57. The first-order chi connectivity index (χ1) is 23.6. The monoisotopic (exact) mass is 775 g/mol. The molecule has 0 saturated carbocycles. The Morgan fingerprint density at radius 1 is 0.784 bits per heavy atom. The molecule has 0 atom stereocenters. The Morgan fingerprint density at radius 2 is 1.39 bits per heavy atom. The van der Waals surface area contributed by atoms with Gasteiger partial charge in [-0.2, -0.15) is 30.0 Å². The molecular weight excluding hydrogens is 739 g/mol. The summed E-state index contributed by atoms with van der Waals surface area (Å²) in [5.41, 5.74) is 1.90. The zero-order chi connectivity index (χ0) is 38.5. The molecule has 0 bridgehead atoms. The number of carbonyl (C=O) groups excluding carboxylic acids is 1. The number of hydrogen-bond donors (Lipinski definition) is 0. The number of anilines is 1. The molecule has 1 amide bonds. The summed E-state index contributed by atoms with van der Waals surface area (Å²) >= 11 is 6.50. The van der Waals surface area contributed by atoms with E-state index in [0.29, 0.717) is 10.5 Å². The normalized spacial score (nSPS) is 11.7. The van der Waals surface area contributed by atoms with Gasteiger partial charge < -0.3 is 22.6 Å². The van der Waals surface area contributed by atoms with E-state index in [1.165, 1.54) is 62.8 Å². The summed E-state index contributed by atoms with van der Waals surface area (Å²) in [6.45, 7) is 6.70. The number of allylic oxidation sites excluding steroid dienone is 2. The molecule has 11 nitrogen and oxygen atoms in total. The Kier molecular flexibility index (Phi) is 13.1. The highest BCUT2D eigenvalue weighted by molar-refractivity contribution is 7.86. The molecular formula is C34H37ClF3NO10S2. The van der Waals surface area contributed by atoms with Crippen LogP contribution in [-0.4, -0.2) is 68.8 Å². The zero-order valence-corrected chi connectivity index (χ0v) is 31.4. The van der Waals surface area contributed by atoms with Crippen molar-refractivity contribution in [3.8, 4) is 51.0 Å². The molecule has 0 unspecified atom stereocenters. The maximum atomic E-state index is 13.5. The highest BCUT2D eigenvalue weighted by Crippen LogP contribution is 2.52. The third-order valence-corrected chi connectivity index (χ3v) is 8.04. The molecule has 17 heteroatoms. The van der Waals surface area contributed by atoms with Gasteiger partial charge in [-0.05, 0) is 75.2 Å². The number of nitrogens with zero attached hydrogens (tertiary/aromatic N) is 1. The third-order valence-electron chi connectivity index (χ3n) is 6.78. The Morgan fingerprint density at radius 3 is 1.90 bits per heavy atom. The molecule has 0 saturated heterocycles. The van der Waals surface area contributed by atoms with Crippen LogP contribution < -0.4 is 27.5 Å². The van der Waals surface area contributed by atoms with E-state index < -0.39 is 38.9 Å². The first-order valence-electron chi connectivity index (χ1n) is 14.9. The number of halogens is 4. The fraction of sp³-hybridized carbons (Fsp3) is 0.324. The van der Waals surface area contributed by atoms with E-state index in [-0.39, 0.29) is 68.3 Å². The maximum absolute atomic E-state index is 13.5. The number of benzene rings is 3. The van der Waals surface area contributed by atoms with Gasteiger partial charge in [0.1, 0.15) is 12.4 Å². The molecule has 0 heterocycles. The number of amides is 1. The number of ether oxygens (including phenoxy) is 3. The SMILES string of the molecule is COc1cc(-c2ccc(N(CC=C(C)C)C(=O)C(F)(F)F)c(Cl)c2)c(OC)c(OS(C)(=O)=O)c1-c1ccc(OCC=C(C)C)c(OS(C)(=O)=O)c1. The largest absolute Gasteiger partial charge is 0.496 e. The summed E-state index contributed by atoms with van der Waals surface area (Å²) in [5.74, 6) is -2.83. The van der Waals surface area contributed by atoms with Gasteiger partial charge in [0.2, 0.25) is 0 Å². The van der Waals surface area contributed by atoms with E-state index in [9.17, 15) is 34.8 Å². The van der Waals surface area contributed by atoms with Crippen LogP contribution in [0.2, 0.25) is 5.02 Å². The van der Waals surface area contributed by atoms with Gasteiger partial charge in [-0.25, -0.2) is 0 Å². The molecule has 278 valence electrons. The average molecular weight is 776 g/mol. The van der Waals surface area contributed by atoms with Gasteiger partial charge in [-0.15, -0.1) is 0 Å². The molecule has 0 aromatic heterocycles. The minimum atomic E-state index is -5.19.